The summed E-state index contributed by atoms with van der Waals surface area (Å²) in [7, 11) is 1.67. The second kappa shape index (κ2) is 4.10. The van der Waals surface area contributed by atoms with Gasteiger partial charge in [0.25, 0.3) is 5.56 Å². The van der Waals surface area contributed by atoms with Gasteiger partial charge in [-0.15, -0.1) is 0 Å². The fourth-order valence-electron chi connectivity index (χ4n) is 2.85. The van der Waals surface area contributed by atoms with Crippen LogP contribution in [-0.2, 0) is 7.05 Å². The number of hydrogen-bond donors (Lipinski definition) is 1. The zero-order valence-corrected chi connectivity index (χ0v) is 11.3. The summed E-state index contributed by atoms with van der Waals surface area (Å²) in [6.07, 6.45) is 2.98. The van der Waals surface area contributed by atoms with Crippen LogP contribution in [0, 0.1) is 5.92 Å². The number of nitrogens with one attached hydrogen (secondary N) is 1. The van der Waals surface area contributed by atoms with E-state index in [2.05, 4.69) is 31.2 Å². The first-order valence-electron chi connectivity index (χ1n) is 5.87. The lowest BCUT2D eigenvalue weighted by Crippen LogP contribution is -2.36. The minimum atomic E-state index is -0.0723. The third-order valence-electron chi connectivity index (χ3n) is 3.81. The Kier molecular flexibility index (Phi) is 2.71. The number of hydrogen-bond acceptors (Lipinski definition) is 4. The Morgan fingerprint density at radius 2 is 2.35 bits per heavy atom. The Labute approximate surface area is 108 Å². The molecule has 3 heterocycles. The van der Waals surface area contributed by atoms with Gasteiger partial charge in [-0.05, 0) is 28.3 Å². The Morgan fingerprint density at radius 3 is 3.18 bits per heavy atom. The maximum atomic E-state index is 11.8. The van der Waals surface area contributed by atoms with Crippen LogP contribution in [0.3, 0.4) is 0 Å². The van der Waals surface area contributed by atoms with Crippen LogP contribution in [0.4, 0.5) is 5.69 Å². The van der Waals surface area contributed by atoms with Crippen molar-refractivity contribution >= 4 is 21.6 Å². The molecule has 0 unspecified atom stereocenters. The van der Waals surface area contributed by atoms with E-state index in [0.29, 0.717) is 16.4 Å². The highest BCUT2D eigenvalue weighted by Crippen LogP contribution is 2.34. The number of aryl methyl sites for hydroxylation is 1. The molecule has 2 fully saturated rings. The lowest BCUT2D eigenvalue weighted by molar-refractivity contribution is 0.577. The SMILES string of the molecule is Cn1ncc(N2CC[C@H]3CNC[C@H]32)c(Br)c1=O. The van der Waals surface area contributed by atoms with Gasteiger partial charge in [-0.3, -0.25) is 4.79 Å². The second-order valence-corrected chi connectivity index (χ2v) is 5.53. The Morgan fingerprint density at radius 1 is 1.53 bits per heavy atom. The molecule has 2 aliphatic rings. The summed E-state index contributed by atoms with van der Waals surface area (Å²) in [6, 6.07) is 0.514. The van der Waals surface area contributed by atoms with Crippen molar-refractivity contribution < 1.29 is 0 Å². The largest absolute Gasteiger partial charge is 0.365 e. The molecule has 0 aromatic carbocycles. The van der Waals surface area contributed by atoms with Crippen molar-refractivity contribution in [2.75, 3.05) is 24.5 Å². The van der Waals surface area contributed by atoms with Gasteiger partial charge in [0.1, 0.15) is 4.47 Å². The molecule has 2 saturated heterocycles. The van der Waals surface area contributed by atoms with Crippen LogP contribution in [0.15, 0.2) is 15.5 Å². The van der Waals surface area contributed by atoms with Crippen LogP contribution in [0.1, 0.15) is 6.42 Å². The molecule has 0 radical (unpaired) electrons. The number of aromatic nitrogens is 2. The van der Waals surface area contributed by atoms with Gasteiger partial charge < -0.3 is 10.2 Å². The molecule has 0 amide bonds. The van der Waals surface area contributed by atoms with Crippen molar-refractivity contribution in [3.63, 3.8) is 0 Å². The van der Waals surface area contributed by atoms with E-state index in [1.54, 1.807) is 13.2 Å². The number of rotatable bonds is 1. The molecular formula is C11H15BrN4O. The second-order valence-electron chi connectivity index (χ2n) is 4.74. The van der Waals surface area contributed by atoms with E-state index in [0.717, 1.165) is 25.3 Å². The highest BCUT2D eigenvalue weighted by Gasteiger charge is 2.38. The molecule has 92 valence electrons. The minimum absolute atomic E-state index is 0.0723. The van der Waals surface area contributed by atoms with Crippen molar-refractivity contribution in [2.45, 2.75) is 12.5 Å². The third-order valence-corrected chi connectivity index (χ3v) is 4.56. The number of halogens is 1. The van der Waals surface area contributed by atoms with E-state index in [-0.39, 0.29) is 5.56 Å². The monoisotopic (exact) mass is 298 g/mol. The molecule has 1 N–H and O–H groups in total. The maximum Gasteiger partial charge on any atom is 0.282 e. The molecule has 1 aromatic rings. The van der Waals surface area contributed by atoms with Crippen LogP contribution in [-0.4, -0.2) is 35.5 Å². The van der Waals surface area contributed by atoms with E-state index in [4.69, 9.17) is 0 Å². The Bertz CT molecular complexity index is 501. The van der Waals surface area contributed by atoms with Crippen LogP contribution in [0.25, 0.3) is 0 Å². The summed E-state index contributed by atoms with van der Waals surface area (Å²) < 4.78 is 1.98. The summed E-state index contributed by atoms with van der Waals surface area (Å²) in [5, 5.41) is 7.52. The molecule has 5 nitrogen and oxygen atoms in total. The standard InChI is InChI=1S/C11H15BrN4O/c1-15-11(17)10(12)9(6-14-15)16-3-2-7-4-13-5-8(7)16/h6-8,13H,2-5H2,1H3/t7-,8+/m0/s1. The minimum Gasteiger partial charge on any atom is -0.365 e. The average molecular weight is 299 g/mol. The van der Waals surface area contributed by atoms with Gasteiger partial charge in [0.15, 0.2) is 0 Å². The average Bonchev–Trinajstić information content (AvgIpc) is 2.89. The van der Waals surface area contributed by atoms with Crippen LogP contribution < -0.4 is 15.8 Å². The van der Waals surface area contributed by atoms with Crippen LogP contribution in [0.2, 0.25) is 0 Å². The molecule has 6 heteroatoms. The van der Waals surface area contributed by atoms with Crippen molar-refractivity contribution in [2.24, 2.45) is 13.0 Å². The van der Waals surface area contributed by atoms with E-state index in [1.165, 1.54) is 11.1 Å². The van der Waals surface area contributed by atoms with Gasteiger partial charge in [0.05, 0.1) is 11.9 Å². The van der Waals surface area contributed by atoms with Crippen molar-refractivity contribution in [1.82, 2.24) is 15.1 Å². The highest BCUT2D eigenvalue weighted by molar-refractivity contribution is 9.10. The molecule has 2 aliphatic heterocycles. The van der Waals surface area contributed by atoms with Gasteiger partial charge in [-0.2, -0.15) is 5.10 Å². The topological polar surface area (TPSA) is 50.2 Å². The number of nitrogens with zero attached hydrogens (tertiary/aromatic N) is 3. The predicted octanol–water partition coefficient (Wildman–Crippen LogP) is 0.341. The molecule has 3 rings (SSSR count). The summed E-state index contributed by atoms with van der Waals surface area (Å²) >= 11 is 3.40. The Hall–Kier alpha value is -0.880. The lowest BCUT2D eigenvalue weighted by atomic mass is 10.1. The van der Waals surface area contributed by atoms with Crippen molar-refractivity contribution in [3.05, 3.63) is 21.0 Å². The fourth-order valence-corrected chi connectivity index (χ4v) is 3.44. The first kappa shape index (κ1) is 11.2. The van der Waals surface area contributed by atoms with Gasteiger partial charge in [-0.1, -0.05) is 0 Å². The molecule has 2 atom stereocenters. The van der Waals surface area contributed by atoms with Crippen molar-refractivity contribution in [1.29, 1.82) is 0 Å². The zero-order chi connectivity index (χ0) is 12.0. The van der Waals surface area contributed by atoms with Crippen LogP contribution in [0.5, 0.6) is 0 Å². The number of fused-ring (bicyclic) bond motifs is 1. The summed E-state index contributed by atoms with van der Waals surface area (Å²) in [4.78, 5) is 14.2. The molecule has 0 bridgehead atoms. The first-order chi connectivity index (χ1) is 8.18. The molecule has 0 saturated carbocycles. The molecule has 17 heavy (non-hydrogen) atoms. The van der Waals surface area contributed by atoms with Gasteiger partial charge in [-0.25, -0.2) is 4.68 Å². The predicted molar refractivity (Wildman–Crippen MR) is 69.3 cm³/mol. The third kappa shape index (κ3) is 1.70. The normalized spacial score (nSPS) is 27.5. The lowest BCUT2D eigenvalue weighted by Gasteiger charge is -2.26. The molecule has 0 aliphatic carbocycles. The van der Waals surface area contributed by atoms with Gasteiger partial charge in [0, 0.05) is 32.7 Å². The van der Waals surface area contributed by atoms with Crippen LogP contribution >= 0.6 is 15.9 Å². The van der Waals surface area contributed by atoms with Gasteiger partial charge in [0.2, 0.25) is 0 Å². The van der Waals surface area contributed by atoms with E-state index >= 15 is 0 Å². The fraction of sp³-hybridized carbons (Fsp3) is 0.636. The first-order valence-corrected chi connectivity index (χ1v) is 6.67. The van der Waals surface area contributed by atoms with E-state index in [1.807, 2.05) is 0 Å². The Balaban J connectivity index is 2.00. The summed E-state index contributed by atoms with van der Waals surface area (Å²) in [6.45, 7) is 3.12. The van der Waals surface area contributed by atoms with E-state index in [9.17, 15) is 4.79 Å². The van der Waals surface area contributed by atoms with Crippen molar-refractivity contribution in [3.8, 4) is 0 Å². The van der Waals surface area contributed by atoms with E-state index < -0.39 is 0 Å². The maximum absolute atomic E-state index is 11.8. The summed E-state index contributed by atoms with van der Waals surface area (Å²) in [5.41, 5.74) is 0.862. The molecule has 1 aromatic heterocycles. The smallest absolute Gasteiger partial charge is 0.282 e. The zero-order valence-electron chi connectivity index (χ0n) is 9.69. The molecular weight excluding hydrogens is 284 g/mol. The highest BCUT2D eigenvalue weighted by atomic mass is 79.9. The van der Waals surface area contributed by atoms with Gasteiger partial charge >= 0.3 is 0 Å². The summed E-state index contributed by atoms with van der Waals surface area (Å²) in [5.74, 6) is 0.714. The number of anilines is 1. The molecule has 0 spiro atoms. The quantitative estimate of drug-likeness (QED) is 0.812.